The molecule has 0 amide bonds. The van der Waals surface area contributed by atoms with E-state index < -0.39 is 149 Å². The Morgan fingerprint density at radius 2 is 1.39 bits per heavy atom. The third kappa shape index (κ3) is 10.0. The Hall–Kier alpha value is -3.22. The van der Waals surface area contributed by atoms with Crippen LogP contribution in [0.1, 0.15) is 112 Å². The molecule has 23 atom stereocenters. The largest absolute Gasteiger partial charge is 0.458 e. The summed E-state index contributed by atoms with van der Waals surface area (Å²) in [6.07, 6.45) is -4.30. The molecule has 0 aromatic heterocycles. The summed E-state index contributed by atoms with van der Waals surface area (Å²) in [5, 5.41) is 73.6. The molecule has 3 saturated heterocycles. The molecule has 1 aromatic rings. The first-order valence-electron chi connectivity index (χ1n) is 26.6. The number of ether oxygens (including phenoxy) is 11. The lowest BCUT2D eigenvalue weighted by Gasteiger charge is -2.68. The van der Waals surface area contributed by atoms with Gasteiger partial charge in [0.15, 0.2) is 18.9 Å². The van der Waals surface area contributed by atoms with Crippen LogP contribution >= 0.6 is 0 Å². The second-order valence-electron chi connectivity index (χ2n) is 22.6. The van der Waals surface area contributed by atoms with Crippen molar-refractivity contribution in [3.8, 4) is 0 Å². The predicted molar refractivity (Wildman–Crippen MR) is 268 cm³/mol. The number of aliphatic hydroxyl groups is 6. The molecule has 19 nitrogen and oxygen atoms in total. The third-order valence-electron chi connectivity index (χ3n) is 18.8. The Kier molecular flexibility index (Phi) is 17.1. The van der Waals surface area contributed by atoms with Crippen molar-refractivity contribution in [2.45, 2.75) is 227 Å². The molecule has 420 valence electrons. The van der Waals surface area contributed by atoms with Crippen LogP contribution in [0.3, 0.4) is 0 Å². The van der Waals surface area contributed by atoms with Crippen LogP contribution in [0, 0.1) is 16.7 Å². The van der Waals surface area contributed by atoms with Gasteiger partial charge in [-0.1, -0.05) is 62.4 Å². The number of hydrogen-bond acceptors (Lipinski definition) is 19. The minimum atomic E-state index is -2.15. The Bertz CT molecular complexity index is 2260. The number of carbonyl (C=O) groups excluding carboxylic acids is 2. The number of fused-ring (bicyclic) bond motifs is 5. The van der Waals surface area contributed by atoms with E-state index in [-0.39, 0.29) is 38.5 Å². The first kappa shape index (κ1) is 57.9. The maximum atomic E-state index is 13.9. The topological polar surface area (TPSA) is 257 Å². The molecule has 0 bridgehead atoms. The van der Waals surface area contributed by atoms with Crippen LogP contribution in [0.25, 0.3) is 6.08 Å². The normalized spacial score (nSPS) is 47.3. The van der Waals surface area contributed by atoms with Crippen molar-refractivity contribution >= 4 is 18.0 Å². The number of allylic oxidation sites excluding steroid dienone is 1. The van der Waals surface area contributed by atoms with Crippen LogP contribution in [0.2, 0.25) is 0 Å². The van der Waals surface area contributed by atoms with Gasteiger partial charge in [0, 0.05) is 63.6 Å². The fourth-order valence-electron chi connectivity index (χ4n) is 13.9. The lowest BCUT2D eigenvalue weighted by Crippen LogP contribution is -2.80. The van der Waals surface area contributed by atoms with Gasteiger partial charge in [-0.3, -0.25) is 0 Å². The van der Waals surface area contributed by atoms with E-state index in [0.29, 0.717) is 18.4 Å². The minimum Gasteiger partial charge on any atom is -0.458 e. The Morgan fingerprint density at radius 1 is 0.760 bits per heavy atom. The first-order valence-corrected chi connectivity index (χ1v) is 26.6. The standard InChI is InChI=1S/C56H82O19/c1-12-30(2)49(60)71-34(6)54(62)24-25-56(64)52(54,8)40(73-41(57)19-18-35-16-14-13-15-17-35)28-39-51(7)21-20-36(29-53(51,61)22-23-55(39,56)63)72-42-26-37(65-9)46(32(4)68-42)74-43-27-38(66-10)47(33(5)69-43)75-50-45(59)48(67-11)44(58)31(3)70-50/h12-19,22-23,31-34,36-40,42-48,50,58-59,61-64H,20-21,24-29H2,1-11H3/t31-,32-,33-,34+,36+,37+,38-,39-,40-,42+,43+,44-,45-,46-,47-,48+,50+,51-,52-,53-,54-,55+,56-/m1/s1. The lowest BCUT2D eigenvalue weighted by atomic mass is 9.41. The number of carbonyl (C=O) groups is 2. The summed E-state index contributed by atoms with van der Waals surface area (Å²) in [5.41, 5.74) is -9.62. The van der Waals surface area contributed by atoms with Gasteiger partial charge in [-0.25, -0.2) is 9.59 Å². The highest BCUT2D eigenvalue weighted by molar-refractivity contribution is 5.88. The molecule has 7 aliphatic rings. The van der Waals surface area contributed by atoms with Crippen LogP contribution in [0.15, 0.2) is 60.2 Å². The monoisotopic (exact) mass is 1060 g/mol. The second-order valence-corrected chi connectivity index (χ2v) is 22.6. The van der Waals surface area contributed by atoms with E-state index in [1.807, 2.05) is 51.1 Å². The summed E-state index contributed by atoms with van der Waals surface area (Å²) >= 11 is 0. The summed E-state index contributed by atoms with van der Waals surface area (Å²) in [5.74, 6) is -2.30. The Labute approximate surface area is 440 Å². The molecule has 19 heteroatoms. The maximum Gasteiger partial charge on any atom is 0.333 e. The molecular formula is C56H82O19. The molecule has 6 fully saturated rings. The van der Waals surface area contributed by atoms with Gasteiger partial charge >= 0.3 is 11.9 Å². The first-order chi connectivity index (χ1) is 35.4. The van der Waals surface area contributed by atoms with Crippen molar-refractivity contribution in [2.75, 3.05) is 21.3 Å². The van der Waals surface area contributed by atoms with E-state index >= 15 is 0 Å². The Morgan fingerprint density at radius 3 is 2.00 bits per heavy atom. The SMILES string of the molecule is CC=C(C)C(=O)O[C@@H](C)[C@]1(O)CC[C@@]2(O)[C@]1(C)[C@H](OC(=O)C=Cc1ccccc1)C[C@H]1[C@@]2(O)C=C[C@@]2(O)C[C@@H](O[C@H]3C[C@H](OC)[C@H](O[C@H]4C[C@@H](OC)[C@H](O[C@@H]5O[C@H](C)[C@@H](O)[C@H](OC)[C@H]5O)[C@@H](C)O4)[C@@H](C)O3)CC[C@]12C. The van der Waals surface area contributed by atoms with E-state index in [2.05, 4.69) is 0 Å². The van der Waals surface area contributed by atoms with Crippen molar-refractivity contribution in [1.82, 2.24) is 0 Å². The van der Waals surface area contributed by atoms with E-state index in [0.717, 1.165) is 5.56 Å². The highest BCUT2D eigenvalue weighted by Crippen LogP contribution is 2.71. The molecule has 3 saturated carbocycles. The zero-order valence-corrected chi connectivity index (χ0v) is 45.2. The molecule has 3 aliphatic heterocycles. The number of hydrogen-bond donors (Lipinski definition) is 6. The smallest absolute Gasteiger partial charge is 0.333 e. The Balaban J connectivity index is 0.967. The van der Waals surface area contributed by atoms with Gasteiger partial charge in [-0.15, -0.1) is 0 Å². The van der Waals surface area contributed by atoms with Crippen molar-refractivity contribution in [3.05, 3.63) is 65.8 Å². The summed E-state index contributed by atoms with van der Waals surface area (Å²) in [4.78, 5) is 27.0. The molecule has 0 spiro atoms. The fourth-order valence-corrected chi connectivity index (χ4v) is 13.9. The van der Waals surface area contributed by atoms with Gasteiger partial charge in [0.25, 0.3) is 0 Å². The van der Waals surface area contributed by atoms with Gasteiger partial charge in [0.05, 0.1) is 47.6 Å². The minimum absolute atomic E-state index is 0.0641. The predicted octanol–water partition coefficient (Wildman–Crippen LogP) is 3.95. The molecule has 3 heterocycles. The average Bonchev–Trinajstić information content (AvgIpc) is 3.61. The summed E-state index contributed by atoms with van der Waals surface area (Å²) in [6, 6.07) is 9.18. The number of methoxy groups -OCH3 is 3. The van der Waals surface area contributed by atoms with Gasteiger partial charge in [-0.2, -0.15) is 0 Å². The molecule has 0 unspecified atom stereocenters. The van der Waals surface area contributed by atoms with E-state index in [1.165, 1.54) is 19.3 Å². The van der Waals surface area contributed by atoms with Crippen molar-refractivity contribution in [3.63, 3.8) is 0 Å². The average molecular weight is 1060 g/mol. The summed E-state index contributed by atoms with van der Waals surface area (Å²) in [6.45, 7) is 13.6. The molecule has 4 aliphatic carbocycles. The van der Waals surface area contributed by atoms with Crippen molar-refractivity contribution in [2.24, 2.45) is 16.7 Å². The highest BCUT2D eigenvalue weighted by atomic mass is 16.8. The van der Waals surface area contributed by atoms with Gasteiger partial charge in [-0.05, 0) is 85.3 Å². The highest BCUT2D eigenvalue weighted by Gasteiger charge is 2.82. The summed E-state index contributed by atoms with van der Waals surface area (Å²) < 4.78 is 67.5. The van der Waals surface area contributed by atoms with Gasteiger partial charge in [0.1, 0.15) is 59.5 Å². The van der Waals surface area contributed by atoms with Gasteiger partial charge < -0.3 is 82.7 Å². The van der Waals surface area contributed by atoms with E-state index in [4.69, 9.17) is 52.1 Å². The molecule has 0 radical (unpaired) electrons. The molecular weight excluding hydrogens is 977 g/mol. The molecule has 1 aromatic carbocycles. The third-order valence-corrected chi connectivity index (χ3v) is 18.8. The number of esters is 2. The van der Waals surface area contributed by atoms with E-state index in [1.54, 1.807) is 67.1 Å². The van der Waals surface area contributed by atoms with E-state index in [9.17, 15) is 40.2 Å². The quantitative estimate of drug-likeness (QED) is 0.0826. The number of rotatable bonds is 15. The zero-order chi connectivity index (χ0) is 54.6. The summed E-state index contributed by atoms with van der Waals surface area (Å²) in [7, 11) is 4.54. The maximum absolute atomic E-state index is 13.9. The fraction of sp³-hybridized carbons (Fsp3) is 0.750. The number of benzene rings is 1. The van der Waals surface area contributed by atoms with Crippen molar-refractivity contribution in [1.29, 1.82) is 0 Å². The zero-order valence-electron chi connectivity index (χ0n) is 45.2. The second kappa shape index (κ2) is 22.1. The van der Waals surface area contributed by atoms with Crippen LogP contribution in [-0.2, 0) is 61.7 Å². The van der Waals surface area contributed by atoms with Gasteiger partial charge in [0.2, 0.25) is 0 Å². The van der Waals surface area contributed by atoms with Crippen LogP contribution in [0.5, 0.6) is 0 Å². The van der Waals surface area contributed by atoms with Crippen molar-refractivity contribution < 1.29 is 92.3 Å². The number of aliphatic hydroxyl groups excluding tert-OH is 2. The van der Waals surface area contributed by atoms with Crippen LogP contribution in [0.4, 0.5) is 0 Å². The molecule has 75 heavy (non-hydrogen) atoms. The lowest BCUT2D eigenvalue weighted by molar-refractivity contribution is -0.353. The molecule has 6 N–H and O–H groups in total. The van der Waals surface area contributed by atoms with Crippen LogP contribution < -0.4 is 0 Å². The van der Waals surface area contributed by atoms with Crippen LogP contribution in [-0.4, -0.2) is 185 Å². The molecule has 8 rings (SSSR count).